The second kappa shape index (κ2) is 7.50. The van der Waals surface area contributed by atoms with E-state index in [0.29, 0.717) is 31.2 Å². The van der Waals surface area contributed by atoms with Gasteiger partial charge >= 0.3 is 0 Å². The quantitative estimate of drug-likeness (QED) is 0.892. The number of hydrogen-bond acceptors (Lipinski definition) is 4. The number of aromatic nitrogens is 3. The van der Waals surface area contributed by atoms with E-state index in [1.807, 2.05) is 0 Å². The van der Waals surface area contributed by atoms with Crippen LogP contribution in [0.15, 0.2) is 39.9 Å². The highest BCUT2D eigenvalue weighted by molar-refractivity contribution is 5.92. The van der Waals surface area contributed by atoms with Gasteiger partial charge in [0, 0.05) is 37.2 Å². The molecule has 144 valence electrons. The third-order valence-corrected chi connectivity index (χ3v) is 4.97. The molecule has 0 spiro atoms. The van der Waals surface area contributed by atoms with Gasteiger partial charge in [-0.15, -0.1) is 0 Å². The van der Waals surface area contributed by atoms with Crippen LogP contribution in [0.3, 0.4) is 0 Å². The number of amides is 1. The van der Waals surface area contributed by atoms with Crippen molar-refractivity contribution in [2.45, 2.75) is 45.6 Å². The SMILES string of the molecule is CC(C)(C)c1ccc(=O)n(CC2CCN(C(=O)c3cccc(=O)[nH]3)CC2)n1. The summed E-state index contributed by atoms with van der Waals surface area (Å²) >= 11 is 0. The van der Waals surface area contributed by atoms with E-state index in [2.05, 4.69) is 30.9 Å². The van der Waals surface area contributed by atoms with Crippen molar-refractivity contribution in [1.82, 2.24) is 19.7 Å². The van der Waals surface area contributed by atoms with Gasteiger partial charge in [0.15, 0.2) is 0 Å². The van der Waals surface area contributed by atoms with Crippen molar-refractivity contribution < 1.29 is 4.79 Å². The number of H-pyrrole nitrogens is 1. The van der Waals surface area contributed by atoms with Crippen LogP contribution in [-0.4, -0.2) is 38.7 Å². The minimum Gasteiger partial charge on any atom is -0.337 e. The highest BCUT2D eigenvalue weighted by Gasteiger charge is 2.25. The van der Waals surface area contributed by atoms with Crippen LogP contribution in [0, 0.1) is 5.92 Å². The lowest BCUT2D eigenvalue weighted by molar-refractivity contribution is 0.0674. The molecule has 1 saturated heterocycles. The van der Waals surface area contributed by atoms with Gasteiger partial charge in [0.25, 0.3) is 11.5 Å². The first-order chi connectivity index (χ1) is 12.7. The molecule has 0 aromatic carbocycles. The summed E-state index contributed by atoms with van der Waals surface area (Å²) in [5.41, 5.74) is 0.723. The third-order valence-electron chi connectivity index (χ3n) is 4.97. The van der Waals surface area contributed by atoms with Crippen LogP contribution in [0.2, 0.25) is 0 Å². The lowest BCUT2D eigenvalue weighted by Crippen LogP contribution is -2.41. The largest absolute Gasteiger partial charge is 0.337 e. The van der Waals surface area contributed by atoms with Gasteiger partial charge in [0.2, 0.25) is 5.56 Å². The van der Waals surface area contributed by atoms with E-state index in [-0.39, 0.29) is 22.4 Å². The molecular weight excluding hydrogens is 344 g/mol. The zero-order chi connectivity index (χ0) is 19.6. The van der Waals surface area contributed by atoms with E-state index in [1.165, 1.54) is 6.07 Å². The Labute approximate surface area is 158 Å². The standard InChI is InChI=1S/C20H26N4O3/c1-20(2,3)16-7-8-18(26)24(22-16)13-14-9-11-23(12-10-14)19(27)15-5-4-6-17(25)21-15/h4-8,14H,9-13H2,1-3H3,(H,21,25). The van der Waals surface area contributed by atoms with Gasteiger partial charge in [-0.05, 0) is 30.9 Å². The van der Waals surface area contributed by atoms with Crippen molar-refractivity contribution in [3.8, 4) is 0 Å². The van der Waals surface area contributed by atoms with Gasteiger partial charge in [-0.3, -0.25) is 14.4 Å². The van der Waals surface area contributed by atoms with Gasteiger partial charge in [-0.1, -0.05) is 26.8 Å². The number of likely N-dealkylation sites (tertiary alicyclic amines) is 1. The molecule has 7 nitrogen and oxygen atoms in total. The minimum atomic E-state index is -0.278. The van der Waals surface area contributed by atoms with E-state index in [9.17, 15) is 14.4 Å². The summed E-state index contributed by atoms with van der Waals surface area (Å²) in [6.07, 6.45) is 1.60. The Hall–Kier alpha value is -2.70. The molecule has 3 rings (SSSR count). The van der Waals surface area contributed by atoms with Crippen LogP contribution in [0.5, 0.6) is 0 Å². The normalized spacial score (nSPS) is 15.7. The number of aromatic amines is 1. The lowest BCUT2D eigenvalue weighted by atomic mass is 9.92. The molecule has 1 amide bonds. The Morgan fingerprint density at radius 2 is 1.85 bits per heavy atom. The molecule has 27 heavy (non-hydrogen) atoms. The molecule has 0 saturated carbocycles. The Morgan fingerprint density at radius 1 is 1.15 bits per heavy atom. The number of carbonyl (C=O) groups excluding carboxylic acids is 1. The van der Waals surface area contributed by atoms with E-state index in [0.717, 1.165) is 18.5 Å². The number of carbonyl (C=O) groups is 1. The Morgan fingerprint density at radius 3 is 2.48 bits per heavy atom. The Bertz CT molecular complexity index is 931. The zero-order valence-corrected chi connectivity index (χ0v) is 16.1. The van der Waals surface area contributed by atoms with E-state index in [1.54, 1.807) is 33.8 Å². The maximum atomic E-state index is 12.5. The molecule has 0 bridgehead atoms. The molecule has 3 heterocycles. The average Bonchev–Trinajstić information content (AvgIpc) is 2.62. The Balaban J connectivity index is 1.64. The van der Waals surface area contributed by atoms with Crippen LogP contribution in [0.4, 0.5) is 0 Å². The number of pyridine rings is 1. The molecule has 1 aliphatic rings. The van der Waals surface area contributed by atoms with E-state index in [4.69, 9.17) is 0 Å². The van der Waals surface area contributed by atoms with Crippen molar-refractivity contribution >= 4 is 5.91 Å². The fourth-order valence-corrected chi connectivity index (χ4v) is 3.29. The summed E-state index contributed by atoms with van der Waals surface area (Å²) < 4.78 is 1.55. The van der Waals surface area contributed by atoms with Crippen molar-refractivity contribution in [1.29, 1.82) is 0 Å². The summed E-state index contributed by atoms with van der Waals surface area (Å²) in [7, 11) is 0. The first kappa shape index (κ1) is 19.1. The van der Waals surface area contributed by atoms with Gasteiger partial charge in [0.05, 0.1) is 5.69 Å². The second-order valence-electron chi connectivity index (χ2n) is 8.15. The van der Waals surface area contributed by atoms with Crippen LogP contribution in [0.1, 0.15) is 49.8 Å². The van der Waals surface area contributed by atoms with E-state index >= 15 is 0 Å². The predicted octanol–water partition coefficient (Wildman–Crippen LogP) is 1.78. The maximum Gasteiger partial charge on any atom is 0.270 e. The predicted molar refractivity (Wildman–Crippen MR) is 103 cm³/mol. The van der Waals surface area contributed by atoms with Crippen molar-refractivity contribution in [2.24, 2.45) is 5.92 Å². The fraction of sp³-hybridized carbons (Fsp3) is 0.500. The molecule has 0 unspecified atom stereocenters. The smallest absolute Gasteiger partial charge is 0.270 e. The molecule has 1 aliphatic heterocycles. The summed E-state index contributed by atoms with van der Waals surface area (Å²) in [6.45, 7) is 7.99. The lowest BCUT2D eigenvalue weighted by Gasteiger charge is -2.32. The summed E-state index contributed by atoms with van der Waals surface area (Å²) in [5, 5.41) is 4.53. The number of nitrogens with zero attached hydrogens (tertiary/aromatic N) is 3. The number of rotatable bonds is 3. The van der Waals surface area contributed by atoms with Gasteiger partial charge in [-0.25, -0.2) is 4.68 Å². The molecule has 0 aliphatic carbocycles. The van der Waals surface area contributed by atoms with Crippen LogP contribution < -0.4 is 11.1 Å². The van der Waals surface area contributed by atoms with Crippen LogP contribution in [0.25, 0.3) is 0 Å². The summed E-state index contributed by atoms with van der Waals surface area (Å²) in [6, 6.07) is 7.97. The average molecular weight is 370 g/mol. The number of piperidine rings is 1. The first-order valence-corrected chi connectivity index (χ1v) is 9.31. The van der Waals surface area contributed by atoms with Gasteiger partial charge in [0.1, 0.15) is 5.69 Å². The highest BCUT2D eigenvalue weighted by atomic mass is 16.2. The molecular formula is C20H26N4O3. The third kappa shape index (κ3) is 4.53. The van der Waals surface area contributed by atoms with Gasteiger partial charge < -0.3 is 9.88 Å². The molecule has 1 N–H and O–H groups in total. The molecule has 0 radical (unpaired) electrons. The molecule has 2 aromatic rings. The topological polar surface area (TPSA) is 88.1 Å². The minimum absolute atomic E-state index is 0.0941. The van der Waals surface area contributed by atoms with Crippen LogP contribution in [-0.2, 0) is 12.0 Å². The molecule has 7 heteroatoms. The second-order valence-corrected chi connectivity index (χ2v) is 8.15. The fourth-order valence-electron chi connectivity index (χ4n) is 3.29. The highest BCUT2D eigenvalue weighted by Crippen LogP contribution is 2.21. The first-order valence-electron chi connectivity index (χ1n) is 9.31. The summed E-state index contributed by atoms with van der Waals surface area (Å²) in [4.78, 5) is 40.4. The zero-order valence-electron chi connectivity index (χ0n) is 16.1. The van der Waals surface area contributed by atoms with Crippen LogP contribution >= 0.6 is 0 Å². The number of hydrogen-bond donors (Lipinski definition) is 1. The molecule has 2 aromatic heterocycles. The number of nitrogens with one attached hydrogen (secondary N) is 1. The van der Waals surface area contributed by atoms with Crippen molar-refractivity contribution in [3.05, 3.63) is 62.4 Å². The maximum absolute atomic E-state index is 12.5. The summed E-state index contributed by atoms with van der Waals surface area (Å²) in [5.74, 6) is 0.139. The Kier molecular flexibility index (Phi) is 5.30. The molecule has 0 atom stereocenters. The molecule has 1 fully saturated rings. The van der Waals surface area contributed by atoms with Crippen molar-refractivity contribution in [3.63, 3.8) is 0 Å². The van der Waals surface area contributed by atoms with Crippen molar-refractivity contribution in [2.75, 3.05) is 13.1 Å². The van der Waals surface area contributed by atoms with Gasteiger partial charge in [-0.2, -0.15) is 5.10 Å². The van der Waals surface area contributed by atoms with E-state index < -0.39 is 0 Å². The monoisotopic (exact) mass is 370 g/mol.